The molecule has 45 heavy (non-hydrogen) atoms. The van der Waals surface area contributed by atoms with E-state index in [4.69, 9.17) is 18.9 Å². The molecule has 0 amide bonds. The number of aryl methyl sites for hydroxylation is 1. The first-order valence-electron chi connectivity index (χ1n) is 16.0. The highest BCUT2D eigenvalue weighted by molar-refractivity contribution is 7.89. The van der Waals surface area contributed by atoms with E-state index < -0.39 is 10.0 Å². The van der Waals surface area contributed by atoms with Crippen LogP contribution in [0.2, 0.25) is 0 Å². The van der Waals surface area contributed by atoms with Crippen molar-refractivity contribution in [1.29, 1.82) is 0 Å². The molecule has 242 valence electrons. The highest BCUT2D eigenvalue weighted by Gasteiger charge is 2.43. The zero-order chi connectivity index (χ0) is 31.9. The lowest BCUT2D eigenvalue weighted by Gasteiger charge is -2.49. The number of methoxy groups -OCH3 is 4. The van der Waals surface area contributed by atoms with Gasteiger partial charge < -0.3 is 18.9 Å². The molecule has 1 saturated heterocycles. The standard InChI is InChI=1S/C36H46N2O6S/c1-7-24-22-37-14-12-25-18-33(41-3)35(43-5)20-29(25)31(37)16-27(24)17-32-30-21-36(44-6)34(42-4)19-26(30)13-15-38(32)45(39,40)28-10-8-23(2)9-11-28/h8-11,18-21,24,27,31-32H,7,12-17,22H2,1-6H3. The van der Waals surface area contributed by atoms with Gasteiger partial charge in [-0.1, -0.05) is 31.0 Å². The van der Waals surface area contributed by atoms with Crippen molar-refractivity contribution in [2.45, 2.75) is 62.9 Å². The summed E-state index contributed by atoms with van der Waals surface area (Å²) in [6.45, 7) is 6.67. The van der Waals surface area contributed by atoms with Crippen molar-refractivity contribution in [3.05, 3.63) is 76.3 Å². The van der Waals surface area contributed by atoms with Crippen molar-refractivity contribution in [2.75, 3.05) is 48.1 Å². The van der Waals surface area contributed by atoms with Gasteiger partial charge in [-0.15, -0.1) is 0 Å². The van der Waals surface area contributed by atoms with E-state index in [1.807, 2.05) is 31.2 Å². The second kappa shape index (κ2) is 12.9. The molecular formula is C36H46N2O6S. The fourth-order valence-electron chi connectivity index (χ4n) is 7.93. The third-order valence-corrected chi connectivity index (χ3v) is 12.3. The molecule has 3 aliphatic heterocycles. The Kier molecular flexibility index (Phi) is 9.05. The molecule has 1 fully saturated rings. The molecule has 0 bridgehead atoms. The summed E-state index contributed by atoms with van der Waals surface area (Å²) in [4.78, 5) is 2.97. The molecule has 3 aromatic rings. The highest BCUT2D eigenvalue weighted by atomic mass is 32.2. The maximum atomic E-state index is 14.3. The third kappa shape index (κ3) is 5.79. The van der Waals surface area contributed by atoms with Gasteiger partial charge in [0.15, 0.2) is 23.0 Å². The minimum absolute atomic E-state index is 0.247. The molecule has 0 saturated carbocycles. The lowest BCUT2D eigenvalue weighted by Crippen LogP contribution is -2.47. The maximum Gasteiger partial charge on any atom is 0.243 e. The summed E-state index contributed by atoms with van der Waals surface area (Å²) in [5.74, 6) is 3.59. The van der Waals surface area contributed by atoms with Crippen LogP contribution in [0.5, 0.6) is 23.0 Å². The van der Waals surface area contributed by atoms with Crippen molar-refractivity contribution in [2.24, 2.45) is 11.8 Å². The second-order valence-electron chi connectivity index (χ2n) is 12.7. The van der Waals surface area contributed by atoms with E-state index in [1.54, 1.807) is 44.9 Å². The van der Waals surface area contributed by atoms with Crippen LogP contribution in [0.1, 0.15) is 66.1 Å². The SMILES string of the molecule is CCC1CN2CCc3cc(OC)c(OC)cc3C2CC1CC1c2cc(OC)c(OC)cc2CCN1S(=O)(=O)c1ccc(C)cc1. The Morgan fingerprint density at radius 3 is 1.91 bits per heavy atom. The van der Waals surface area contributed by atoms with E-state index in [2.05, 4.69) is 24.0 Å². The van der Waals surface area contributed by atoms with Gasteiger partial charge in [-0.05, 0) is 103 Å². The lowest BCUT2D eigenvalue weighted by atomic mass is 9.72. The van der Waals surface area contributed by atoms with Crippen LogP contribution in [-0.2, 0) is 22.9 Å². The summed E-state index contributed by atoms with van der Waals surface area (Å²) in [6.07, 6.45) is 4.33. The summed E-state index contributed by atoms with van der Waals surface area (Å²) in [7, 11) is 2.90. The lowest BCUT2D eigenvalue weighted by molar-refractivity contribution is 0.0386. The van der Waals surface area contributed by atoms with E-state index >= 15 is 0 Å². The Morgan fingerprint density at radius 2 is 1.31 bits per heavy atom. The molecule has 3 aliphatic rings. The number of sulfonamides is 1. The fourth-order valence-corrected chi connectivity index (χ4v) is 9.54. The van der Waals surface area contributed by atoms with Crippen LogP contribution in [0.3, 0.4) is 0 Å². The Balaban J connectivity index is 1.41. The average molecular weight is 635 g/mol. The first-order valence-corrected chi connectivity index (χ1v) is 17.5. The zero-order valence-corrected chi connectivity index (χ0v) is 28.2. The van der Waals surface area contributed by atoms with Gasteiger partial charge in [0.25, 0.3) is 0 Å². The van der Waals surface area contributed by atoms with E-state index in [1.165, 1.54) is 11.1 Å². The normalized spacial score (nSPS) is 23.4. The predicted molar refractivity (Wildman–Crippen MR) is 175 cm³/mol. The number of fused-ring (bicyclic) bond motifs is 4. The van der Waals surface area contributed by atoms with Crippen LogP contribution >= 0.6 is 0 Å². The average Bonchev–Trinajstić information content (AvgIpc) is 3.06. The van der Waals surface area contributed by atoms with Crippen molar-refractivity contribution in [3.8, 4) is 23.0 Å². The summed E-state index contributed by atoms with van der Waals surface area (Å²) >= 11 is 0. The van der Waals surface area contributed by atoms with E-state index in [0.717, 1.165) is 67.0 Å². The van der Waals surface area contributed by atoms with Gasteiger partial charge in [-0.2, -0.15) is 4.31 Å². The van der Waals surface area contributed by atoms with Gasteiger partial charge in [0.2, 0.25) is 10.0 Å². The molecule has 6 rings (SSSR count). The summed E-state index contributed by atoms with van der Waals surface area (Å²) in [6, 6.07) is 15.5. The highest BCUT2D eigenvalue weighted by Crippen LogP contribution is 2.50. The topological polar surface area (TPSA) is 77.5 Å². The molecule has 4 atom stereocenters. The smallest absolute Gasteiger partial charge is 0.243 e. The van der Waals surface area contributed by atoms with Gasteiger partial charge in [0.1, 0.15) is 0 Å². The van der Waals surface area contributed by atoms with Crippen LogP contribution in [0.15, 0.2) is 53.4 Å². The minimum atomic E-state index is -3.75. The van der Waals surface area contributed by atoms with E-state index in [0.29, 0.717) is 41.2 Å². The number of piperidine rings is 1. The molecule has 9 heteroatoms. The molecule has 0 aromatic heterocycles. The Hall–Kier alpha value is -3.27. The minimum Gasteiger partial charge on any atom is -0.493 e. The second-order valence-corrected chi connectivity index (χ2v) is 14.6. The summed E-state index contributed by atoms with van der Waals surface area (Å²) in [5.41, 5.74) is 5.79. The number of nitrogens with zero attached hydrogens (tertiary/aromatic N) is 2. The Labute approximate surface area is 268 Å². The molecule has 4 unspecified atom stereocenters. The summed E-state index contributed by atoms with van der Waals surface area (Å²) in [5, 5.41) is 0. The van der Waals surface area contributed by atoms with Crippen molar-refractivity contribution in [3.63, 3.8) is 0 Å². The largest absolute Gasteiger partial charge is 0.493 e. The quantitative estimate of drug-likeness (QED) is 0.271. The van der Waals surface area contributed by atoms with Gasteiger partial charge in [-0.3, -0.25) is 4.90 Å². The van der Waals surface area contributed by atoms with Crippen LogP contribution in [-0.4, -0.2) is 65.7 Å². The molecule has 0 spiro atoms. The molecule has 0 N–H and O–H groups in total. The van der Waals surface area contributed by atoms with Crippen LogP contribution in [0.4, 0.5) is 0 Å². The number of ether oxygens (including phenoxy) is 4. The number of hydrogen-bond donors (Lipinski definition) is 0. The molecule has 3 aromatic carbocycles. The number of benzene rings is 3. The molecule has 0 radical (unpaired) electrons. The van der Waals surface area contributed by atoms with Gasteiger partial charge >= 0.3 is 0 Å². The van der Waals surface area contributed by atoms with Crippen LogP contribution in [0.25, 0.3) is 0 Å². The fraction of sp³-hybridized carbons (Fsp3) is 0.500. The van der Waals surface area contributed by atoms with Gasteiger partial charge in [0, 0.05) is 25.7 Å². The zero-order valence-electron chi connectivity index (χ0n) is 27.3. The van der Waals surface area contributed by atoms with Gasteiger partial charge in [-0.25, -0.2) is 8.42 Å². The Bertz CT molecular complexity index is 1640. The van der Waals surface area contributed by atoms with Crippen LogP contribution < -0.4 is 18.9 Å². The van der Waals surface area contributed by atoms with Crippen molar-refractivity contribution < 1.29 is 27.4 Å². The third-order valence-electron chi connectivity index (χ3n) is 10.4. The summed E-state index contributed by atoms with van der Waals surface area (Å²) < 4.78 is 53.2. The van der Waals surface area contributed by atoms with E-state index in [-0.39, 0.29) is 12.1 Å². The Morgan fingerprint density at radius 1 is 0.756 bits per heavy atom. The molecule has 3 heterocycles. The first kappa shape index (κ1) is 31.7. The monoisotopic (exact) mass is 634 g/mol. The maximum absolute atomic E-state index is 14.3. The first-order chi connectivity index (χ1) is 21.7. The number of hydrogen-bond acceptors (Lipinski definition) is 7. The van der Waals surface area contributed by atoms with Crippen LogP contribution in [0, 0.1) is 18.8 Å². The predicted octanol–water partition coefficient (Wildman–Crippen LogP) is 6.35. The molecular weight excluding hydrogens is 588 g/mol. The molecule has 0 aliphatic carbocycles. The molecule has 8 nitrogen and oxygen atoms in total. The van der Waals surface area contributed by atoms with Crippen molar-refractivity contribution >= 4 is 10.0 Å². The van der Waals surface area contributed by atoms with E-state index in [9.17, 15) is 8.42 Å². The number of rotatable bonds is 9. The van der Waals surface area contributed by atoms with Crippen molar-refractivity contribution in [1.82, 2.24) is 9.21 Å². The van der Waals surface area contributed by atoms with Gasteiger partial charge in [0.05, 0.1) is 39.4 Å².